The summed E-state index contributed by atoms with van der Waals surface area (Å²) in [5, 5.41) is 18.1. The van der Waals surface area contributed by atoms with Crippen LogP contribution < -0.4 is 14.8 Å². The number of ether oxygens (including phenoxy) is 2. The molecule has 0 spiro atoms. The normalized spacial score (nSPS) is 14.6. The predicted molar refractivity (Wildman–Crippen MR) is 143 cm³/mol. The second kappa shape index (κ2) is 12.3. The quantitative estimate of drug-likeness (QED) is 0.278. The maximum absolute atomic E-state index is 12.9. The van der Waals surface area contributed by atoms with E-state index < -0.39 is 14.9 Å². The number of hydrogen-bond donors (Lipinski definition) is 1. The molecule has 2 heterocycles. The lowest BCUT2D eigenvalue weighted by Gasteiger charge is -2.30. The molecule has 1 saturated heterocycles. The van der Waals surface area contributed by atoms with Gasteiger partial charge in [-0.1, -0.05) is 6.07 Å². The summed E-state index contributed by atoms with van der Waals surface area (Å²) in [6.07, 6.45) is 4.03. The highest BCUT2D eigenvalue weighted by Crippen LogP contribution is 2.29. The highest BCUT2D eigenvalue weighted by molar-refractivity contribution is 7.89. The van der Waals surface area contributed by atoms with Gasteiger partial charge in [-0.05, 0) is 56.5 Å². The minimum Gasteiger partial charge on any atom is -0.490 e. The predicted octanol–water partition coefficient (Wildman–Crippen LogP) is 3.68. The van der Waals surface area contributed by atoms with Crippen molar-refractivity contribution in [3.63, 3.8) is 0 Å². The first kappa shape index (κ1) is 28.0. The summed E-state index contributed by atoms with van der Waals surface area (Å²) in [6, 6.07) is 10.5. The summed E-state index contributed by atoms with van der Waals surface area (Å²) in [5.41, 5.74) is 1.34. The molecule has 0 aliphatic carbocycles. The van der Waals surface area contributed by atoms with Gasteiger partial charge in [0.15, 0.2) is 11.5 Å². The van der Waals surface area contributed by atoms with Gasteiger partial charge in [0.25, 0.3) is 5.69 Å². The fourth-order valence-electron chi connectivity index (χ4n) is 4.39. The van der Waals surface area contributed by atoms with Gasteiger partial charge in [-0.2, -0.15) is 9.40 Å². The Balaban J connectivity index is 1.32. The number of non-ortho nitro benzene ring substituents is 1. The van der Waals surface area contributed by atoms with Gasteiger partial charge in [0.05, 0.1) is 41.5 Å². The zero-order chi connectivity index (χ0) is 28.0. The maximum Gasteiger partial charge on any atom is 0.269 e. The van der Waals surface area contributed by atoms with Crippen LogP contribution in [0, 0.1) is 16.0 Å². The number of hydrogen-bond acceptors (Lipinski definition) is 8. The third-order valence-electron chi connectivity index (χ3n) is 6.36. The summed E-state index contributed by atoms with van der Waals surface area (Å²) in [5.74, 6) is 0.806. The molecule has 1 fully saturated rings. The molecule has 1 aliphatic rings. The molecule has 1 amide bonds. The van der Waals surface area contributed by atoms with Gasteiger partial charge in [0, 0.05) is 37.3 Å². The fraction of sp³-hybridized carbons (Fsp3) is 0.385. The van der Waals surface area contributed by atoms with E-state index in [1.807, 2.05) is 32.0 Å². The van der Waals surface area contributed by atoms with Gasteiger partial charge >= 0.3 is 0 Å². The Morgan fingerprint density at radius 3 is 2.38 bits per heavy atom. The minimum atomic E-state index is -3.80. The van der Waals surface area contributed by atoms with Gasteiger partial charge in [-0.25, -0.2) is 8.42 Å². The van der Waals surface area contributed by atoms with Crippen LogP contribution in [0.15, 0.2) is 59.8 Å². The van der Waals surface area contributed by atoms with Crippen molar-refractivity contribution < 1.29 is 27.6 Å². The number of carbonyl (C=O) groups excluding carboxylic acids is 1. The Hall–Kier alpha value is -3.97. The molecular weight excluding hydrogens is 526 g/mol. The van der Waals surface area contributed by atoms with Crippen molar-refractivity contribution in [2.45, 2.75) is 38.1 Å². The Kier molecular flexibility index (Phi) is 8.82. The number of rotatable bonds is 11. The largest absolute Gasteiger partial charge is 0.490 e. The van der Waals surface area contributed by atoms with Crippen LogP contribution >= 0.6 is 0 Å². The minimum absolute atomic E-state index is 0.00989. The molecule has 0 saturated carbocycles. The standard InChI is InChI=1S/C26H31N5O7S/c1-3-37-24-10-5-19(15-25(24)38-4-2)17-29-18-21(16-27-29)28-26(32)20-11-13-30(14-12-20)39(35,36)23-8-6-22(7-9-23)31(33)34/h5-10,15-16,18,20H,3-4,11-14,17H2,1-2H3,(H,28,32). The molecule has 0 unspecified atom stereocenters. The fourth-order valence-corrected chi connectivity index (χ4v) is 5.86. The van der Waals surface area contributed by atoms with E-state index in [0.717, 1.165) is 5.56 Å². The number of piperidine rings is 1. The molecule has 39 heavy (non-hydrogen) atoms. The van der Waals surface area contributed by atoms with E-state index in [1.54, 1.807) is 17.1 Å². The van der Waals surface area contributed by atoms with Gasteiger partial charge in [0.2, 0.25) is 15.9 Å². The van der Waals surface area contributed by atoms with E-state index >= 15 is 0 Å². The molecule has 13 heteroatoms. The van der Waals surface area contributed by atoms with E-state index in [2.05, 4.69) is 10.4 Å². The molecule has 1 N–H and O–H groups in total. The van der Waals surface area contributed by atoms with Gasteiger partial charge in [-0.15, -0.1) is 0 Å². The molecule has 0 atom stereocenters. The lowest BCUT2D eigenvalue weighted by molar-refractivity contribution is -0.384. The molecule has 2 aromatic carbocycles. The highest BCUT2D eigenvalue weighted by atomic mass is 32.2. The summed E-state index contributed by atoms with van der Waals surface area (Å²) in [6.45, 7) is 5.71. The number of nitrogens with zero attached hydrogens (tertiary/aromatic N) is 4. The lowest BCUT2D eigenvalue weighted by atomic mass is 9.97. The number of nitro benzene ring substituents is 1. The molecule has 0 radical (unpaired) electrons. The molecule has 0 bridgehead atoms. The van der Waals surface area contributed by atoms with Crippen molar-refractivity contribution in [1.29, 1.82) is 0 Å². The maximum atomic E-state index is 12.9. The molecule has 12 nitrogen and oxygen atoms in total. The van der Waals surface area contributed by atoms with Gasteiger partial charge in [0.1, 0.15) is 0 Å². The molecule has 3 aromatic rings. The number of amides is 1. The Labute approximate surface area is 226 Å². The van der Waals surface area contributed by atoms with Crippen LogP contribution in [0.4, 0.5) is 11.4 Å². The van der Waals surface area contributed by atoms with E-state index in [-0.39, 0.29) is 35.5 Å². The Morgan fingerprint density at radius 2 is 1.74 bits per heavy atom. The van der Waals surface area contributed by atoms with Crippen molar-refractivity contribution in [3.8, 4) is 11.5 Å². The van der Waals surface area contributed by atoms with Crippen molar-refractivity contribution in [2.24, 2.45) is 5.92 Å². The van der Waals surface area contributed by atoms with Crippen LogP contribution in [0.1, 0.15) is 32.3 Å². The summed E-state index contributed by atoms with van der Waals surface area (Å²) < 4.78 is 40.2. The average Bonchev–Trinajstić information content (AvgIpc) is 3.37. The number of nitrogens with one attached hydrogen (secondary N) is 1. The third-order valence-corrected chi connectivity index (χ3v) is 8.28. The average molecular weight is 558 g/mol. The number of sulfonamides is 1. The van der Waals surface area contributed by atoms with Crippen molar-refractivity contribution in [1.82, 2.24) is 14.1 Å². The smallest absolute Gasteiger partial charge is 0.269 e. The van der Waals surface area contributed by atoms with Crippen LogP contribution in [-0.2, 0) is 21.4 Å². The molecule has 208 valence electrons. The number of anilines is 1. The molecular formula is C26H31N5O7S. The van der Waals surface area contributed by atoms with Crippen molar-refractivity contribution >= 4 is 27.3 Å². The van der Waals surface area contributed by atoms with Crippen LogP contribution in [0.5, 0.6) is 11.5 Å². The van der Waals surface area contributed by atoms with Crippen molar-refractivity contribution in [2.75, 3.05) is 31.6 Å². The van der Waals surface area contributed by atoms with E-state index in [9.17, 15) is 23.3 Å². The first-order valence-electron chi connectivity index (χ1n) is 12.7. The first-order valence-corrected chi connectivity index (χ1v) is 14.1. The SMILES string of the molecule is CCOc1ccc(Cn2cc(NC(=O)C3CCN(S(=O)(=O)c4ccc([N+](=O)[O-])cc4)CC3)cn2)cc1OCC. The second-order valence-electron chi connectivity index (χ2n) is 8.99. The Bertz CT molecular complexity index is 1410. The van der Waals surface area contributed by atoms with Gasteiger partial charge in [-0.3, -0.25) is 19.6 Å². The monoisotopic (exact) mass is 557 g/mol. The Morgan fingerprint density at radius 1 is 1.08 bits per heavy atom. The summed E-state index contributed by atoms with van der Waals surface area (Å²) in [4.78, 5) is 23.1. The molecule has 1 aromatic heterocycles. The molecule has 4 rings (SSSR count). The van der Waals surface area contributed by atoms with Crippen LogP contribution in [0.3, 0.4) is 0 Å². The topological polar surface area (TPSA) is 146 Å². The van der Waals surface area contributed by atoms with Crippen LogP contribution in [-0.4, -0.2) is 59.6 Å². The number of benzene rings is 2. The number of carbonyl (C=O) groups is 1. The van der Waals surface area contributed by atoms with Crippen LogP contribution in [0.2, 0.25) is 0 Å². The highest BCUT2D eigenvalue weighted by Gasteiger charge is 2.32. The zero-order valence-corrected chi connectivity index (χ0v) is 22.6. The zero-order valence-electron chi connectivity index (χ0n) is 21.8. The van der Waals surface area contributed by atoms with Gasteiger partial charge < -0.3 is 14.8 Å². The molecule has 1 aliphatic heterocycles. The number of aromatic nitrogens is 2. The number of nitro groups is 1. The summed E-state index contributed by atoms with van der Waals surface area (Å²) >= 11 is 0. The van der Waals surface area contributed by atoms with E-state index in [1.165, 1.54) is 28.6 Å². The van der Waals surface area contributed by atoms with E-state index in [4.69, 9.17) is 9.47 Å². The van der Waals surface area contributed by atoms with Crippen LogP contribution in [0.25, 0.3) is 0 Å². The van der Waals surface area contributed by atoms with E-state index in [0.29, 0.717) is 49.8 Å². The summed E-state index contributed by atoms with van der Waals surface area (Å²) in [7, 11) is -3.80. The second-order valence-corrected chi connectivity index (χ2v) is 10.9. The third kappa shape index (κ3) is 6.73. The first-order chi connectivity index (χ1) is 18.7. The van der Waals surface area contributed by atoms with Crippen molar-refractivity contribution in [3.05, 3.63) is 70.5 Å². The lowest BCUT2D eigenvalue weighted by Crippen LogP contribution is -2.41.